The molecule has 1 aromatic heterocycles. The molecule has 0 aliphatic rings. The second kappa shape index (κ2) is 3.86. The number of halogens is 2. The third-order valence-electron chi connectivity index (χ3n) is 1.87. The molecule has 0 aliphatic carbocycles. The summed E-state index contributed by atoms with van der Waals surface area (Å²) in [7, 11) is 0. The lowest BCUT2D eigenvalue weighted by molar-refractivity contribution is 0.584. The lowest BCUT2D eigenvalue weighted by atomic mass is 10.2. The first-order chi connectivity index (χ1) is 7.15. The molecule has 0 radical (unpaired) electrons. The summed E-state index contributed by atoms with van der Waals surface area (Å²) >= 11 is 5.89. The molecule has 0 aliphatic heterocycles. The Kier molecular flexibility index (Phi) is 2.55. The lowest BCUT2D eigenvalue weighted by Crippen LogP contribution is -2.05. The van der Waals surface area contributed by atoms with Crippen LogP contribution >= 0.6 is 11.6 Å². The van der Waals surface area contributed by atoms with E-state index in [0.717, 1.165) is 0 Å². The quantitative estimate of drug-likeness (QED) is 0.848. The van der Waals surface area contributed by atoms with Crippen LogP contribution in [0.3, 0.4) is 0 Å². The Balaban J connectivity index is 2.27. The minimum absolute atomic E-state index is 0.299. The maximum Gasteiger partial charge on any atom is 0.165 e. The fourth-order valence-corrected chi connectivity index (χ4v) is 1.38. The highest BCUT2D eigenvalue weighted by atomic mass is 35.5. The predicted octanol–water partition coefficient (Wildman–Crippen LogP) is 1.70. The van der Waals surface area contributed by atoms with Gasteiger partial charge < -0.3 is 5.73 Å². The molecule has 0 saturated heterocycles. The predicted molar refractivity (Wildman–Crippen MR) is 54.9 cm³/mol. The Morgan fingerprint density at radius 2 is 2.27 bits per heavy atom. The first-order valence-corrected chi connectivity index (χ1v) is 4.62. The summed E-state index contributed by atoms with van der Waals surface area (Å²) in [6.45, 7) is 0.299. The van der Waals surface area contributed by atoms with Gasteiger partial charge >= 0.3 is 0 Å². The molecule has 2 N–H and O–H groups in total. The fourth-order valence-electron chi connectivity index (χ4n) is 1.20. The number of benzene rings is 1. The van der Waals surface area contributed by atoms with E-state index in [-0.39, 0.29) is 5.82 Å². The zero-order valence-corrected chi connectivity index (χ0v) is 8.45. The number of nitrogen functional groups attached to an aromatic ring is 1. The summed E-state index contributed by atoms with van der Waals surface area (Å²) in [5.74, 6) is -0.0166. The van der Waals surface area contributed by atoms with Crippen LogP contribution in [0.1, 0.15) is 5.56 Å². The van der Waals surface area contributed by atoms with Crippen molar-refractivity contribution in [3.8, 4) is 0 Å². The molecule has 6 heteroatoms. The summed E-state index contributed by atoms with van der Waals surface area (Å²) in [4.78, 5) is 1.36. The van der Waals surface area contributed by atoms with Crippen molar-refractivity contribution in [1.82, 2.24) is 15.0 Å². The summed E-state index contributed by atoms with van der Waals surface area (Å²) in [6, 6.07) is 4.15. The van der Waals surface area contributed by atoms with Gasteiger partial charge in [-0.2, -0.15) is 9.90 Å². The van der Waals surface area contributed by atoms with Crippen LogP contribution in [-0.2, 0) is 6.54 Å². The van der Waals surface area contributed by atoms with Gasteiger partial charge in [-0.05, 0) is 23.8 Å². The van der Waals surface area contributed by atoms with Gasteiger partial charge in [0.2, 0.25) is 0 Å². The maximum atomic E-state index is 12.9. The van der Waals surface area contributed by atoms with Crippen LogP contribution in [0.4, 0.5) is 10.2 Å². The monoisotopic (exact) mass is 226 g/mol. The van der Waals surface area contributed by atoms with Crippen LogP contribution in [0.2, 0.25) is 5.02 Å². The van der Waals surface area contributed by atoms with Gasteiger partial charge in [0, 0.05) is 5.02 Å². The van der Waals surface area contributed by atoms with E-state index in [0.29, 0.717) is 22.9 Å². The maximum absolute atomic E-state index is 12.9. The molecule has 15 heavy (non-hydrogen) atoms. The molecule has 2 rings (SSSR count). The highest BCUT2D eigenvalue weighted by Crippen LogP contribution is 2.17. The standard InChI is InChI=1S/C9H8ClFN4/c10-8-2-1-7(11)3-6(8)5-15-13-4-9(12)14-15/h1-4H,5H2,(H2,12,14). The Hall–Kier alpha value is -1.62. The molecule has 0 atom stereocenters. The van der Waals surface area contributed by atoms with Crippen molar-refractivity contribution < 1.29 is 4.39 Å². The normalized spacial score (nSPS) is 10.5. The molecular weight excluding hydrogens is 219 g/mol. The summed E-state index contributed by atoms with van der Waals surface area (Å²) in [6.07, 6.45) is 1.42. The van der Waals surface area contributed by atoms with E-state index >= 15 is 0 Å². The van der Waals surface area contributed by atoms with Crippen molar-refractivity contribution in [2.75, 3.05) is 5.73 Å². The molecule has 78 valence electrons. The van der Waals surface area contributed by atoms with Crippen LogP contribution in [0.5, 0.6) is 0 Å². The zero-order valence-electron chi connectivity index (χ0n) is 7.69. The average Bonchev–Trinajstić information content (AvgIpc) is 2.58. The first-order valence-electron chi connectivity index (χ1n) is 4.24. The number of anilines is 1. The van der Waals surface area contributed by atoms with E-state index < -0.39 is 0 Å². The van der Waals surface area contributed by atoms with E-state index in [2.05, 4.69) is 10.2 Å². The number of nitrogens with two attached hydrogens (primary N) is 1. The van der Waals surface area contributed by atoms with Gasteiger partial charge in [0.25, 0.3) is 0 Å². The Labute approximate surface area is 90.5 Å². The van der Waals surface area contributed by atoms with Gasteiger partial charge in [0.15, 0.2) is 5.82 Å². The van der Waals surface area contributed by atoms with Gasteiger partial charge in [-0.1, -0.05) is 11.6 Å². The molecule has 0 spiro atoms. The van der Waals surface area contributed by atoms with E-state index in [9.17, 15) is 4.39 Å². The second-order valence-electron chi connectivity index (χ2n) is 3.04. The second-order valence-corrected chi connectivity index (χ2v) is 3.44. The smallest absolute Gasteiger partial charge is 0.165 e. The largest absolute Gasteiger partial charge is 0.381 e. The van der Waals surface area contributed by atoms with Gasteiger partial charge in [0.05, 0.1) is 12.7 Å². The van der Waals surface area contributed by atoms with Crippen molar-refractivity contribution in [2.24, 2.45) is 0 Å². The minimum Gasteiger partial charge on any atom is -0.381 e. The third-order valence-corrected chi connectivity index (χ3v) is 2.24. The number of nitrogens with zero attached hydrogens (tertiary/aromatic N) is 3. The first kappa shape index (κ1) is 9.92. The lowest BCUT2D eigenvalue weighted by Gasteiger charge is -2.03. The molecule has 2 aromatic rings. The van der Waals surface area contributed by atoms with Crippen molar-refractivity contribution in [2.45, 2.75) is 6.54 Å². The number of rotatable bonds is 2. The van der Waals surface area contributed by atoms with Crippen LogP contribution in [0, 0.1) is 5.82 Å². The van der Waals surface area contributed by atoms with Crippen molar-refractivity contribution >= 4 is 17.4 Å². The summed E-state index contributed by atoms with van der Waals surface area (Å²) < 4.78 is 12.9. The van der Waals surface area contributed by atoms with Crippen LogP contribution in [0.15, 0.2) is 24.4 Å². The Morgan fingerprint density at radius 1 is 1.47 bits per heavy atom. The molecular formula is C9H8ClFN4. The summed E-state index contributed by atoms with van der Waals surface area (Å²) in [5.41, 5.74) is 6.02. The van der Waals surface area contributed by atoms with E-state index in [4.69, 9.17) is 17.3 Å². The molecule has 0 amide bonds. The minimum atomic E-state index is -0.338. The van der Waals surface area contributed by atoms with Crippen LogP contribution in [-0.4, -0.2) is 15.0 Å². The van der Waals surface area contributed by atoms with Crippen molar-refractivity contribution in [1.29, 1.82) is 0 Å². The van der Waals surface area contributed by atoms with Gasteiger partial charge in [0.1, 0.15) is 5.82 Å². The molecule has 0 fully saturated rings. The van der Waals surface area contributed by atoms with Crippen LogP contribution in [0.25, 0.3) is 0 Å². The molecule has 1 aromatic carbocycles. The van der Waals surface area contributed by atoms with E-state index in [1.54, 1.807) is 0 Å². The molecule has 0 bridgehead atoms. The number of hydrogen-bond donors (Lipinski definition) is 1. The van der Waals surface area contributed by atoms with E-state index in [1.807, 2.05) is 0 Å². The average molecular weight is 227 g/mol. The van der Waals surface area contributed by atoms with Crippen molar-refractivity contribution in [3.05, 3.63) is 40.8 Å². The molecule has 0 unspecified atom stereocenters. The summed E-state index contributed by atoms with van der Waals surface area (Å²) in [5, 5.41) is 8.24. The SMILES string of the molecule is Nc1cnn(Cc2cc(F)ccc2Cl)n1. The van der Waals surface area contributed by atoms with Crippen LogP contribution < -0.4 is 5.73 Å². The third kappa shape index (κ3) is 2.24. The zero-order chi connectivity index (χ0) is 10.8. The Morgan fingerprint density at radius 3 is 2.93 bits per heavy atom. The number of aromatic nitrogens is 3. The number of hydrogen-bond acceptors (Lipinski definition) is 3. The van der Waals surface area contributed by atoms with E-state index in [1.165, 1.54) is 29.2 Å². The molecule has 4 nitrogen and oxygen atoms in total. The Bertz CT molecular complexity index is 483. The fraction of sp³-hybridized carbons (Fsp3) is 0.111. The highest BCUT2D eigenvalue weighted by Gasteiger charge is 2.04. The van der Waals surface area contributed by atoms with Crippen molar-refractivity contribution in [3.63, 3.8) is 0 Å². The van der Waals surface area contributed by atoms with Gasteiger partial charge in [-0.15, -0.1) is 5.10 Å². The topological polar surface area (TPSA) is 56.7 Å². The highest BCUT2D eigenvalue weighted by molar-refractivity contribution is 6.31. The van der Waals surface area contributed by atoms with Gasteiger partial charge in [-0.3, -0.25) is 0 Å². The molecule has 1 heterocycles. The molecule has 0 saturated carbocycles. The van der Waals surface area contributed by atoms with Gasteiger partial charge in [-0.25, -0.2) is 4.39 Å².